The SMILES string of the molecule is Fc1c(F)c(F)c(B(c2c(F)c(F)c(F)c(F)c2F)c2c(F)c(F)c(F)c(F)c2F)c(F)c1F.Fc1c(F)c(F)c(B(c2c(F)c(F)c(F)c(F)c2F)c2c(F)c(F)c(F)c(F)c2F)c(F)c1F.N#CNC#N. The quantitative estimate of drug-likeness (QED) is 0.0459. The Morgan fingerprint density at radius 1 is 0.178 bits per heavy atom. The van der Waals surface area contributed by atoms with Gasteiger partial charge in [-0.3, -0.25) is 0 Å². The van der Waals surface area contributed by atoms with Gasteiger partial charge in [-0.05, 0) is 0 Å². The molecular weight excluding hydrogens is 1090 g/mol. The van der Waals surface area contributed by atoms with Crippen molar-refractivity contribution in [2.45, 2.75) is 0 Å². The highest BCUT2D eigenvalue weighted by Crippen LogP contribution is 2.26. The molecule has 1 N–H and O–H groups in total. The Morgan fingerprint density at radius 2 is 0.260 bits per heavy atom. The van der Waals surface area contributed by atoms with Gasteiger partial charge in [0.05, 0.1) is 0 Å². The normalized spacial score (nSPS) is 10.8. The largest absolute Gasteiger partial charge is 0.265 e. The van der Waals surface area contributed by atoms with Crippen molar-refractivity contribution in [3.8, 4) is 12.4 Å². The summed E-state index contributed by atoms with van der Waals surface area (Å²) in [4.78, 5) is 0. The van der Waals surface area contributed by atoms with E-state index in [-0.39, 0.29) is 0 Å². The molecule has 0 amide bonds. The summed E-state index contributed by atoms with van der Waals surface area (Å²) in [7, 11) is 0. The van der Waals surface area contributed by atoms with Gasteiger partial charge < -0.3 is 0 Å². The number of nitrogens with zero attached hydrogens (tertiary/aromatic N) is 2. The van der Waals surface area contributed by atoms with Gasteiger partial charge in [0.15, 0.2) is 187 Å². The van der Waals surface area contributed by atoms with Gasteiger partial charge in [-0.25, -0.2) is 137 Å². The van der Waals surface area contributed by atoms with Crippen LogP contribution in [0.5, 0.6) is 0 Å². The maximum absolute atomic E-state index is 14.4. The highest BCUT2D eigenvalue weighted by Gasteiger charge is 2.47. The minimum Gasteiger partial charge on any atom is -0.229 e. The summed E-state index contributed by atoms with van der Waals surface area (Å²) in [6, 6.07) is 0. The lowest BCUT2D eigenvalue weighted by atomic mass is 9.36. The molecule has 0 fully saturated rings. The second kappa shape index (κ2) is 21.5. The Hall–Kier alpha value is -7.87. The van der Waals surface area contributed by atoms with Crippen molar-refractivity contribution >= 4 is 46.2 Å². The predicted octanol–water partition coefficient (Wildman–Crippen LogP) is 8.12. The third kappa shape index (κ3) is 9.42. The van der Waals surface area contributed by atoms with Crippen molar-refractivity contribution in [3.05, 3.63) is 175 Å². The van der Waals surface area contributed by atoms with Crippen LogP contribution in [0.1, 0.15) is 0 Å². The summed E-state index contributed by atoms with van der Waals surface area (Å²) in [5.41, 5.74) is -16.1. The fourth-order valence-electron chi connectivity index (χ4n) is 6.14. The third-order valence-electron chi connectivity index (χ3n) is 9.31. The summed E-state index contributed by atoms with van der Waals surface area (Å²) in [5.74, 6) is -90.4. The number of hydrogen-bond acceptors (Lipinski definition) is 3. The van der Waals surface area contributed by atoms with Crippen LogP contribution in [0.3, 0.4) is 0 Å². The van der Waals surface area contributed by atoms with E-state index in [4.69, 9.17) is 10.5 Å². The smallest absolute Gasteiger partial charge is 0.229 e. The number of benzene rings is 6. The number of nitriles is 2. The molecule has 0 bridgehead atoms. The molecular formula is C38HB2F30N3. The fraction of sp³-hybridized carbons (Fsp3) is 0. The van der Waals surface area contributed by atoms with Crippen LogP contribution in [-0.4, -0.2) is 13.4 Å². The van der Waals surface area contributed by atoms with Gasteiger partial charge >= 0.3 is 0 Å². The van der Waals surface area contributed by atoms with Gasteiger partial charge in [0, 0.05) is 32.8 Å². The molecule has 6 aromatic rings. The van der Waals surface area contributed by atoms with Crippen LogP contribution in [-0.2, 0) is 0 Å². The van der Waals surface area contributed by atoms with Crippen LogP contribution in [0.25, 0.3) is 0 Å². The van der Waals surface area contributed by atoms with Crippen LogP contribution >= 0.6 is 0 Å². The first kappa shape index (κ1) is 57.7. The molecule has 0 saturated heterocycles. The molecule has 0 aliphatic carbocycles. The van der Waals surface area contributed by atoms with Crippen LogP contribution in [0.4, 0.5) is 132 Å². The second-order valence-electron chi connectivity index (χ2n) is 13.1. The van der Waals surface area contributed by atoms with Crippen LogP contribution in [0, 0.1) is 197 Å². The molecule has 35 heteroatoms. The molecule has 3 nitrogen and oxygen atoms in total. The second-order valence-corrected chi connectivity index (χ2v) is 13.1. The Balaban J connectivity index is 0.000000290. The zero-order chi connectivity index (χ0) is 56.1. The summed E-state index contributed by atoms with van der Waals surface area (Å²) in [5, 5.41) is 16.7. The molecule has 0 aromatic heterocycles. The average Bonchev–Trinajstić information content (AvgIpc) is 3.36. The maximum Gasteiger partial charge on any atom is 0.265 e. The van der Waals surface area contributed by atoms with Crippen molar-refractivity contribution in [2.75, 3.05) is 0 Å². The van der Waals surface area contributed by atoms with Crippen molar-refractivity contribution in [1.82, 2.24) is 5.32 Å². The number of hydrogen-bond donors (Lipinski definition) is 1. The Bertz CT molecular complexity index is 2670. The van der Waals surface area contributed by atoms with E-state index >= 15 is 0 Å². The minimum atomic E-state index is -3.96. The van der Waals surface area contributed by atoms with E-state index in [1.807, 2.05) is 0 Å². The molecule has 0 spiro atoms. The summed E-state index contributed by atoms with van der Waals surface area (Å²) < 4.78 is 417. The lowest BCUT2D eigenvalue weighted by Crippen LogP contribution is -2.60. The molecule has 0 aliphatic rings. The monoisotopic (exact) mass is 1090 g/mol. The first-order chi connectivity index (χ1) is 33.7. The first-order valence-electron chi connectivity index (χ1n) is 17.3. The molecule has 0 saturated carbocycles. The Kier molecular flexibility index (Phi) is 17.0. The maximum atomic E-state index is 14.4. The predicted molar refractivity (Wildman–Crippen MR) is 181 cm³/mol. The van der Waals surface area contributed by atoms with Gasteiger partial charge in [0.1, 0.15) is 0 Å². The van der Waals surface area contributed by atoms with E-state index in [1.54, 1.807) is 5.32 Å². The molecule has 0 unspecified atom stereocenters. The Labute approximate surface area is 380 Å². The van der Waals surface area contributed by atoms with E-state index in [0.29, 0.717) is 0 Å². The molecule has 0 radical (unpaired) electrons. The standard InChI is InChI=1S/2C18BF15.C2HN3/c2*20-4-1(5(21)11(27)16(32)10(4)26)19(2-6(22)12(28)17(33)13(29)7(2)23)3-8(24)14(30)18(34)15(31)9(3)25;3-1-5-2-4/h;;5H. The van der Waals surface area contributed by atoms with Crippen molar-refractivity contribution < 1.29 is 132 Å². The zero-order valence-corrected chi connectivity index (χ0v) is 32.9. The molecule has 73 heavy (non-hydrogen) atoms. The summed E-state index contributed by atoms with van der Waals surface area (Å²) >= 11 is 0. The van der Waals surface area contributed by atoms with E-state index in [9.17, 15) is 132 Å². The zero-order valence-electron chi connectivity index (χ0n) is 32.9. The van der Waals surface area contributed by atoms with Crippen LogP contribution in [0.2, 0.25) is 0 Å². The van der Waals surface area contributed by atoms with Crippen LogP contribution < -0.4 is 38.1 Å². The van der Waals surface area contributed by atoms with E-state index in [1.165, 1.54) is 12.4 Å². The van der Waals surface area contributed by atoms with Gasteiger partial charge in [0.2, 0.25) is 0 Å². The number of nitrogens with one attached hydrogen (secondary N) is 1. The van der Waals surface area contributed by atoms with Gasteiger partial charge in [0.25, 0.3) is 13.4 Å². The molecule has 0 atom stereocenters. The molecule has 0 aliphatic heterocycles. The minimum absolute atomic E-state index is 1.41. The van der Waals surface area contributed by atoms with Crippen molar-refractivity contribution in [2.24, 2.45) is 0 Å². The van der Waals surface area contributed by atoms with Gasteiger partial charge in [-0.1, -0.05) is 0 Å². The summed E-state index contributed by atoms with van der Waals surface area (Å²) in [6.45, 7) is -7.92. The average molecular weight is 1090 g/mol. The highest BCUT2D eigenvalue weighted by atomic mass is 19.2. The molecule has 6 aromatic carbocycles. The Morgan fingerprint density at radius 3 is 0.329 bits per heavy atom. The topological polar surface area (TPSA) is 59.6 Å². The van der Waals surface area contributed by atoms with Crippen molar-refractivity contribution in [1.29, 1.82) is 10.5 Å². The number of halogens is 30. The van der Waals surface area contributed by atoms with E-state index < -0.39 is 221 Å². The first-order valence-corrected chi connectivity index (χ1v) is 17.3. The molecule has 384 valence electrons. The highest BCUT2D eigenvalue weighted by molar-refractivity contribution is 6.96. The summed E-state index contributed by atoms with van der Waals surface area (Å²) in [6.07, 6.45) is 2.81. The molecule has 0 heterocycles. The fourth-order valence-corrected chi connectivity index (χ4v) is 6.14. The van der Waals surface area contributed by atoms with Gasteiger partial charge in [-0.15, -0.1) is 0 Å². The van der Waals surface area contributed by atoms with Gasteiger partial charge in [-0.2, -0.15) is 10.5 Å². The molecule has 6 rings (SSSR count). The van der Waals surface area contributed by atoms with E-state index in [2.05, 4.69) is 0 Å². The lowest BCUT2D eigenvalue weighted by Gasteiger charge is -2.21. The third-order valence-corrected chi connectivity index (χ3v) is 9.31. The lowest BCUT2D eigenvalue weighted by molar-refractivity contribution is 0.380. The number of rotatable bonds is 6. The van der Waals surface area contributed by atoms with Crippen LogP contribution in [0.15, 0.2) is 0 Å². The van der Waals surface area contributed by atoms with Crippen molar-refractivity contribution in [3.63, 3.8) is 0 Å². The van der Waals surface area contributed by atoms with E-state index in [0.717, 1.165) is 0 Å².